The van der Waals surface area contributed by atoms with E-state index >= 15 is 0 Å². The standard InChI is InChI=1S/4C8H16N2O/c4*1-8(11)7-10-5-3-9(2)4-6-10/h4*3-7H2,1-2H3/i8+1,9+1,10+1,11+2;7+1,9+1,10+1,11+2;8+1,11+2;7+1,11+2. The van der Waals surface area contributed by atoms with E-state index in [0.29, 0.717) is 26.2 Å². The Hall–Kier alpha value is -1.64. The molecule has 4 aliphatic heterocycles. The van der Waals surface area contributed by atoms with Crippen LogP contribution in [0.3, 0.4) is 0 Å². The van der Waals surface area contributed by atoms with Crippen molar-refractivity contribution in [1.29, 1.82) is 0 Å². The zero-order valence-corrected chi connectivity index (χ0v) is 29.4. The van der Waals surface area contributed by atoms with Crippen LogP contribution >= 0.6 is 0 Å². The summed E-state index contributed by atoms with van der Waals surface area (Å²) < 4.78 is 0. The molecule has 256 valence electrons. The van der Waals surface area contributed by atoms with E-state index in [4.69, 9.17) is 0 Å². The van der Waals surface area contributed by atoms with E-state index in [9.17, 15) is 19.2 Å². The first-order chi connectivity index (χ1) is 20.7. The maximum atomic E-state index is 10.7. The lowest BCUT2D eigenvalue weighted by Crippen LogP contribution is -2.45. The van der Waals surface area contributed by atoms with Crippen LogP contribution in [0, 0.1) is 0 Å². The van der Waals surface area contributed by atoms with Crippen LogP contribution in [0.15, 0.2) is 0 Å². The third kappa shape index (κ3) is 21.2. The van der Waals surface area contributed by atoms with Crippen LogP contribution in [-0.2, 0) is 19.2 Å². The van der Waals surface area contributed by atoms with Crippen molar-refractivity contribution in [3.05, 3.63) is 0 Å². The van der Waals surface area contributed by atoms with Gasteiger partial charge in [0.1, 0.15) is 23.1 Å². The molecule has 0 bridgehead atoms. The summed E-state index contributed by atoms with van der Waals surface area (Å²) in [7, 11) is 8.46. The molecule has 0 aromatic carbocycles. The van der Waals surface area contributed by atoms with Crippen LogP contribution in [0.25, 0.3) is 0 Å². The minimum atomic E-state index is 0.273. The van der Waals surface area contributed by atoms with Crippen molar-refractivity contribution < 1.29 is 19.2 Å². The Kier molecular flexibility index (Phi) is 20.9. The number of nitrogens with zero attached hydrogens (tertiary/aromatic N) is 8. The van der Waals surface area contributed by atoms with Crippen molar-refractivity contribution in [3.8, 4) is 0 Å². The molecule has 44 heavy (non-hydrogen) atoms. The van der Waals surface area contributed by atoms with E-state index in [1.807, 2.05) is 0 Å². The number of piperazine rings is 4. The third-order valence-electron chi connectivity index (χ3n) is 8.17. The molecule has 12 heteroatoms. The molecule has 0 spiro atoms. The number of likely N-dealkylation sites (N-methyl/N-ethyl adjacent to an activating group) is 4. The third-order valence-corrected chi connectivity index (χ3v) is 8.17. The van der Waals surface area contributed by atoms with Gasteiger partial charge in [-0.25, -0.2) is 0 Å². The quantitative estimate of drug-likeness (QED) is 0.191. The van der Waals surface area contributed by atoms with Gasteiger partial charge in [-0.15, -0.1) is 0 Å². The van der Waals surface area contributed by atoms with Crippen LogP contribution < -0.4 is 0 Å². The molecule has 0 aromatic heterocycles. The molecule has 0 N–H and O–H groups in total. The molecule has 0 aromatic rings. The smallest absolute Gasteiger partial charge is 0.143 e. The number of hydrogen-bond acceptors (Lipinski definition) is 12. The predicted octanol–water partition coefficient (Wildman–Crippen LogP) is -0.709. The van der Waals surface area contributed by atoms with Gasteiger partial charge in [0.25, 0.3) is 0 Å². The molecule has 0 saturated carbocycles. The Morgan fingerprint density at radius 3 is 0.568 bits per heavy atom. The van der Waals surface area contributed by atoms with E-state index in [1.165, 1.54) is 0 Å². The van der Waals surface area contributed by atoms with Gasteiger partial charge in [0.2, 0.25) is 0 Å². The fourth-order valence-electron chi connectivity index (χ4n) is 5.28. The highest BCUT2D eigenvalue weighted by molar-refractivity contribution is 5.78. The predicted molar refractivity (Wildman–Crippen MR) is 178 cm³/mol. The SMILES string of the molecule is CC(=[18O])[13CH2]N1CCN(C)CC1.CC(=[18O])[13CH2][15N]1CC[15N](C)CC1.C[13C](=[18O])CN1CCN(C)CC1.C[13C](=[18O])C[15N]1CC[15N](C)CC1. The van der Waals surface area contributed by atoms with Crippen molar-refractivity contribution in [2.75, 3.05) is 159 Å². The zero-order valence-electron chi connectivity index (χ0n) is 29.4. The number of carbonyl (C=O) groups is 4. The van der Waals surface area contributed by atoms with Crippen molar-refractivity contribution >= 4 is 23.1 Å². The van der Waals surface area contributed by atoms with Gasteiger partial charge in [0.15, 0.2) is 0 Å². The second kappa shape index (κ2) is 22.8. The van der Waals surface area contributed by atoms with Crippen molar-refractivity contribution in [2.45, 2.75) is 27.7 Å². The molecule has 0 amide bonds. The second-order valence-corrected chi connectivity index (χ2v) is 13.1. The molecular formula is C32H64N8O4. The Labute approximate surface area is 268 Å². The Balaban J connectivity index is 0.000000293. The lowest BCUT2D eigenvalue weighted by molar-refractivity contribution is -0.119. The summed E-state index contributed by atoms with van der Waals surface area (Å²) >= 11 is 0. The van der Waals surface area contributed by atoms with Gasteiger partial charge < -0.3 is 19.6 Å². The highest BCUT2D eigenvalue weighted by Gasteiger charge is 2.16. The maximum Gasteiger partial charge on any atom is 0.143 e. The minimum absolute atomic E-state index is 0.273. The van der Waals surface area contributed by atoms with Crippen LogP contribution in [0.5, 0.6) is 0 Å². The molecule has 4 heterocycles. The second-order valence-electron chi connectivity index (χ2n) is 13.1. The normalized spacial score (nSPS) is 22.0. The van der Waals surface area contributed by atoms with E-state index in [-0.39, 0.29) is 23.1 Å². The van der Waals surface area contributed by atoms with E-state index in [1.54, 1.807) is 27.7 Å². The van der Waals surface area contributed by atoms with E-state index in [0.717, 1.165) is 105 Å². The fraction of sp³-hybridized carbons (Fsp3) is 0.875. The largest absolute Gasteiger partial charge is 0.304 e. The molecule has 0 radical (unpaired) electrons. The summed E-state index contributed by atoms with van der Waals surface area (Å²) in [5.41, 5.74) is 0. The summed E-state index contributed by atoms with van der Waals surface area (Å²) in [6.07, 6.45) is 0. The minimum Gasteiger partial charge on any atom is -0.304 e. The van der Waals surface area contributed by atoms with E-state index in [2.05, 4.69) is 67.4 Å². The van der Waals surface area contributed by atoms with Gasteiger partial charge in [0.05, 0.1) is 26.2 Å². The Morgan fingerprint density at radius 2 is 0.455 bits per heavy atom. The Morgan fingerprint density at radius 1 is 0.318 bits per heavy atom. The van der Waals surface area contributed by atoms with Crippen LogP contribution in [0.4, 0.5) is 0 Å². The molecule has 0 unspecified atom stereocenters. The topological polar surface area (TPSA) is 94.2 Å². The first-order valence-corrected chi connectivity index (χ1v) is 16.3. The van der Waals surface area contributed by atoms with Gasteiger partial charge in [-0.3, -0.25) is 38.8 Å². The van der Waals surface area contributed by atoms with Gasteiger partial charge in [-0.2, -0.15) is 0 Å². The molecule has 12 nitrogen and oxygen atoms in total. The average Bonchev–Trinajstić information content (AvgIpc) is 2.94. The highest BCUT2D eigenvalue weighted by atomic mass is 18.1. The molecule has 4 fully saturated rings. The van der Waals surface area contributed by atoms with Gasteiger partial charge in [-0.05, 0) is 55.9 Å². The van der Waals surface area contributed by atoms with Crippen LogP contribution in [0.2, 0.25) is 0 Å². The number of ketones is 4. The lowest BCUT2D eigenvalue weighted by Gasteiger charge is -2.31. The number of carbonyl (C=O) groups excluding carboxylic acids is 4. The maximum absolute atomic E-state index is 10.7. The van der Waals surface area contributed by atoms with Gasteiger partial charge in [-0.1, -0.05) is 0 Å². The van der Waals surface area contributed by atoms with Crippen LogP contribution in [-0.4, -0.2) is 221 Å². The summed E-state index contributed by atoms with van der Waals surface area (Å²) in [5.74, 6) is 1.09. The molecule has 0 aliphatic carbocycles. The summed E-state index contributed by atoms with van der Waals surface area (Å²) in [6, 6.07) is 0. The average molecular weight is 641 g/mol. The molecule has 0 atom stereocenters. The van der Waals surface area contributed by atoms with Crippen molar-refractivity contribution in [1.82, 2.24) is 39.2 Å². The highest BCUT2D eigenvalue weighted by Crippen LogP contribution is 2.00. The first-order valence-electron chi connectivity index (χ1n) is 16.3. The summed E-state index contributed by atoms with van der Waals surface area (Å²) in [4.78, 5) is 60.9. The molecular weight excluding hydrogens is 576 g/mol. The summed E-state index contributed by atoms with van der Waals surface area (Å²) in [5, 5.41) is 0. The molecule has 4 rings (SSSR count). The lowest BCUT2D eigenvalue weighted by atomic mass is 10.3. The number of Topliss-reactive ketones (excluding diaryl/α,β-unsaturated/α-hetero) is 4. The molecule has 4 aliphatic rings. The van der Waals surface area contributed by atoms with Crippen molar-refractivity contribution in [2.24, 2.45) is 0 Å². The van der Waals surface area contributed by atoms with E-state index < -0.39 is 0 Å². The number of rotatable bonds is 8. The summed E-state index contributed by atoms with van der Waals surface area (Å²) in [6.45, 7) is 26.2. The first kappa shape index (κ1) is 40.4. The zero-order chi connectivity index (χ0) is 33.1. The van der Waals surface area contributed by atoms with Crippen LogP contribution in [0.1, 0.15) is 27.7 Å². The number of hydrogen-bond donors (Lipinski definition) is 0. The van der Waals surface area contributed by atoms with Crippen molar-refractivity contribution in [3.63, 3.8) is 0 Å². The molecule has 4 saturated heterocycles. The fourth-order valence-corrected chi connectivity index (χ4v) is 5.28. The van der Waals surface area contributed by atoms with Gasteiger partial charge in [0, 0.05) is 105 Å². The Bertz CT molecular complexity index is 692. The monoisotopic (exact) mass is 641 g/mol. The van der Waals surface area contributed by atoms with Gasteiger partial charge >= 0.3 is 0 Å².